The molecule has 1 aromatic carbocycles. The van der Waals surface area contributed by atoms with Gasteiger partial charge in [-0.25, -0.2) is 13.2 Å². The molecule has 3 rings (SSSR count). The molecule has 7 nitrogen and oxygen atoms in total. The number of rotatable bonds is 4. The van der Waals surface area contributed by atoms with Crippen LogP contribution in [-0.4, -0.2) is 55.2 Å². The topological polar surface area (TPSA) is 104 Å². The number of aromatic carboxylic acids is 1. The maximum absolute atomic E-state index is 13.2. The number of aliphatic hydroxyl groups excluding tert-OH is 1. The van der Waals surface area contributed by atoms with Crippen LogP contribution >= 0.6 is 0 Å². The van der Waals surface area contributed by atoms with Crippen molar-refractivity contribution in [1.82, 2.24) is 4.31 Å². The van der Waals surface area contributed by atoms with Crippen LogP contribution in [0.4, 0.5) is 0 Å². The third-order valence-electron chi connectivity index (χ3n) is 5.46. The van der Waals surface area contributed by atoms with Gasteiger partial charge in [-0.05, 0) is 43.9 Å². The van der Waals surface area contributed by atoms with Gasteiger partial charge in [0, 0.05) is 18.5 Å². The summed E-state index contributed by atoms with van der Waals surface area (Å²) in [5.41, 5.74) is -0.491. The molecule has 138 valence electrons. The van der Waals surface area contributed by atoms with E-state index >= 15 is 0 Å². The molecule has 1 saturated heterocycles. The van der Waals surface area contributed by atoms with Crippen LogP contribution in [0.3, 0.4) is 0 Å². The maximum atomic E-state index is 13.2. The van der Waals surface area contributed by atoms with Gasteiger partial charge in [-0.15, -0.1) is 0 Å². The van der Waals surface area contributed by atoms with E-state index in [2.05, 4.69) is 0 Å². The fourth-order valence-electron chi connectivity index (χ4n) is 4.07. The number of carboxylic acid groups (broad SMARTS) is 1. The highest BCUT2D eigenvalue weighted by Gasteiger charge is 2.47. The van der Waals surface area contributed by atoms with Gasteiger partial charge in [0.1, 0.15) is 10.6 Å². The Kier molecular flexibility index (Phi) is 4.78. The van der Waals surface area contributed by atoms with Crippen LogP contribution in [-0.2, 0) is 10.0 Å². The van der Waals surface area contributed by atoms with Crippen molar-refractivity contribution in [3.63, 3.8) is 0 Å². The van der Waals surface area contributed by atoms with Gasteiger partial charge in [-0.2, -0.15) is 4.31 Å². The zero-order chi connectivity index (χ0) is 18.2. The zero-order valence-corrected chi connectivity index (χ0v) is 15.0. The molecule has 2 aliphatic rings. The van der Waals surface area contributed by atoms with E-state index in [1.165, 1.54) is 23.5 Å². The van der Waals surface area contributed by atoms with Gasteiger partial charge in [-0.3, -0.25) is 0 Å². The molecular weight excluding hydrogens is 346 g/mol. The van der Waals surface area contributed by atoms with Crippen molar-refractivity contribution >= 4 is 16.0 Å². The third kappa shape index (κ3) is 3.14. The van der Waals surface area contributed by atoms with Crippen molar-refractivity contribution in [3.8, 4) is 5.75 Å². The van der Waals surface area contributed by atoms with E-state index in [4.69, 9.17) is 9.84 Å². The van der Waals surface area contributed by atoms with Crippen LogP contribution in [0.2, 0.25) is 0 Å². The molecule has 0 amide bonds. The lowest BCUT2D eigenvalue weighted by Gasteiger charge is -2.41. The van der Waals surface area contributed by atoms with Gasteiger partial charge in [0.15, 0.2) is 0 Å². The minimum atomic E-state index is -3.91. The van der Waals surface area contributed by atoms with E-state index in [1.54, 1.807) is 0 Å². The first kappa shape index (κ1) is 18.2. The van der Waals surface area contributed by atoms with E-state index < -0.39 is 22.1 Å². The fourth-order valence-corrected chi connectivity index (χ4v) is 5.82. The van der Waals surface area contributed by atoms with Crippen molar-refractivity contribution in [2.75, 3.05) is 20.2 Å². The highest BCUT2D eigenvalue weighted by Crippen LogP contribution is 2.46. The van der Waals surface area contributed by atoms with Gasteiger partial charge in [0.25, 0.3) is 0 Å². The first-order valence-corrected chi connectivity index (χ1v) is 9.84. The maximum Gasteiger partial charge on any atom is 0.335 e. The zero-order valence-electron chi connectivity index (χ0n) is 14.1. The lowest BCUT2D eigenvalue weighted by Crippen LogP contribution is -2.49. The number of sulfonamides is 1. The summed E-state index contributed by atoms with van der Waals surface area (Å²) >= 11 is 0. The molecule has 0 bridgehead atoms. The summed E-state index contributed by atoms with van der Waals surface area (Å²) < 4.78 is 32.8. The van der Waals surface area contributed by atoms with E-state index in [-0.39, 0.29) is 28.2 Å². The van der Waals surface area contributed by atoms with Crippen molar-refractivity contribution in [3.05, 3.63) is 23.8 Å². The quantitative estimate of drug-likeness (QED) is 0.837. The van der Waals surface area contributed by atoms with E-state index in [1.807, 2.05) is 0 Å². The predicted molar refractivity (Wildman–Crippen MR) is 90.2 cm³/mol. The average molecular weight is 369 g/mol. The van der Waals surface area contributed by atoms with Crippen LogP contribution in [0.15, 0.2) is 23.1 Å². The molecule has 1 spiro atoms. The molecule has 0 aromatic heterocycles. The van der Waals surface area contributed by atoms with Crippen LogP contribution < -0.4 is 4.74 Å². The van der Waals surface area contributed by atoms with Crippen LogP contribution in [0.25, 0.3) is 0 Å². The number of ether oxygens (including phenoxy) is 1. The second-order valence-corrected chi connectivity index (χ2v) is 8.79. The number of aliphatic hydroxyl groups is 1. The molecule has 2 N–H and O–H groups in total. The van der Waals surface area contributed by atoms with Crippen molar-refractivity contribution in [2.24, 2.45) is 5.41 Å². The summed E-state index contributed by atoms with van der Waals surface area (Å²) in [4.78, 5) is 11.1. The van der Waals surface area contributed by atoms with E-state index in [9.17, 15) is 18.3 Å². The molecular formula is C17H23NO6S. The molecule has 8 heteroatoms. The Morgan fingerprint density at radius 1 is 1.32 bits per heavy atom. The highest BCUT2D eigenvalue weighted by molar-refractivity contribution is 7.89. The van der Waals surface area contributed by atoms with Crippen molar-refractivity contribution < 1.29 is 28.2 Å². The summed E-state index contributed by atoms with van der Waals surface area (Å²) in [6.45, 7) is 0.619. The third-order valence-corrected chi connectivity index (χ3v) is 7.33. The highest BCUT2D eigenvalue weighted by atomic mass is 32.2. The van der Waals surface area contributed by atoms with Crippen LogP contribution in [0.5, 0.6) is 5.75 Å². The monoisotopic (exact) mass is 369 g/mol. The number of nitrogens with zero attached hydrogens (tertiary/aromatic N) is 1. The molecule has 0 unspecified atom stereocenters. The number of carboxylic acids is 1. The Bertz CT molecular complexity index is 777. The van der Waals surface area contributed by atoms with E-state index in [0.29, 0.717) is 19.4 Å². The fraction of sp³-hybridized carbons (Fsp3) is 0.588. The first-order chi connectivity index (χ1) is 11.8. The van der Waals surface area contributed by atoms with E-state index in [0.717, 1.165) is 25.3 Å². The van der Waals surface area contributed by atoms with Gasteiger partial charge < -0.3 is 14.9 Å². The van der Waals surface area contributed by atoms with Crippen LogP contribution in [0, 0.1) is 5.41 Å². The van der Waals surface area contributed by atoms with Crippen molar-refractivity contribution in [2.45, 2.75) is 43.1 Å². The summed E-state index contributed by atoms with van der Waals surface area (Å²) in [5, 5.41) is 19.5. The number of methoxy groups -OCH3 is 1. The molecule has 2 atom stereocenters. The van der Waals surface area contributed by atoms with Gasteiger partial charge in [0.05, 0.1) is 18.8 Å². The van der Waals surface area contributed by atoms with Gasteiger partial charge in [-0.1, -0.05) is 6.42 Å². The minimum absolute atomic E-state index is 0.105. The molecule has 0 radical (unpaired) electrons. The Hall–Kier alpha value is -1.64. The predicted octanol–water partition coefficient (Wildman–Crippen LogP) is 1.71. The first-order valence-electron chi connectivity index (χ1n) is 8.40. The Labute approximate surface area is 147 Å². The molecule has 1 saturated carbocycles. The molecule has 1 aliphatic carbocycles. The number of hydrogen-bond acceptors (Lipinski definition) is 5. The standard InChI is InChI=1S/C17H23NO6S/c1-24-13-6-5-12(16(20)21)10-14(13)25(22,23)18-9-3-8-17(11-18)7-2-4-15(17)19/h5-6,10,15,19H,2-4,7-9,11H2,1H3,(H,20,21)/t15-,17-/m1/s1. The summed E-state index contributed by atoms with van der Waals surface area (Å²) in [6, 6.07) is 3.82. The molecule has 1 aromatic rings. The van der Waals surface area contributed by atoms with Gasteiger partial charge >= 0.3 is 5.97 Å². The number of piperidine rings is 1. The summed E-state index contributed by atoms with van der Waals surface area (Å²) in [6.07, 6.45) is 3.41. The normalized spacial score (nSPS) is 27.5. The second kappa shape index (κ2) is 6.59. The number of hydrogen-bond donors (Lipinski definition) is 2. The molecule has 25 heavy (non-hydrogen) atoms. The largest absolute Gasteiger partial charge is 0.495 e. The molecule has 1 aliphatic heterocycles. The molecule has 1 heterocycles. The summed E-state index contributed by atoms with van der Waals surface area (Å²) in [5.74, 6) is -1.07. The Balaban J connectivity index is 1.98. The second-order valence-electron chi connectivity index (χ2n) is 6.88. The molecule has 2 fully saturated rings. The van der Waals surface area contributed by atoms with Crippen molar-refractivity contribution in [1.29, 1.82) is 0 Å². The van der Waals surface area contributed by atoms with Gasteiger partial charge in [0.2, 0.25) is 10.0 Å². The lowest BCUT2D eigenvalue weighted by atomic mass is 9.77. The Morgan fingerprint density at radius 2 is 2.04 bits per heavy atom. The average Bonchev–Trinajstić information content (AvgIpc) is 2.94. The number of benzene rings is 1. The lowest BCUT2D eigenvalue weighted by molar-refractivity contribution is 0.0126. The van der Waals surface area contributed by atoms with Crippen LogP contribution in [0.1, 0.15) is 42.5 Å². The Morgan fingerprint density at radius 3 is 2.64 bits per heavy atom. The number of carbonyl (C=O) groups is 1. The smallest absolute Gasteiger partial charge is 0.335 e. The summed E-state index contributed by atoms with van der Waals surface area (Å²) in [7, 11) is -2.56. The minimum Gasteiger partial charge on any atom is -0.495 e. The SMILES string of the molecule is COc1ccc(C(=O)O)cc1S(=O)(=O)N1CCC[C@]2(CCC[C@H]2O)C1.